The van der Waals surface area contributed by atoms with Crippen molar-refractivity contribution in [1.82, 2.24) is 5.32 Å². The van der Waals surface area contributed by atoms with E-state index in [0.717, 1.165) is 12.8 Å². The molecule has 7 N–H and O–H groups in total. The minimum atomic E-state index is -5.08. The number of rotatable bonds is 9. The van der Waals surface area contributed by atoms with Gasteiger partial charge in [0.05, 0.1) is 25.5 Å². The lowest BCUT2D eigenvalue weighted by molar-refractivity contribution is -0.192. The molecule has 230 valence electrons. The van der Waals surface area contributed by atoms with Crippen molar-refractivity contribution in [3.63, 3.8) is 0 Å². The highest BCUT2D eigenvalue weighted by Crippen LogP contribution is 2.35. The van der Waals surface area contributed by atoms with Crippen LogP contribution in [0.25, 0.3) is 0 Å². The van der Waals surface area contributed by atoms with Crippen LogP contribution in [0.1, 0.15) is 24.0 Å². The Hall–Kier alpha value is -4.38. The molecule has 1 aliphatic rings. The molecule has 42 heavy (non-hydrogen) atoms. The summed E-state index contributed by atoms with van der Waals surface area (Å²) in [6.07, 6.45) is -3.51. The van der Waals surface area contributed by atoms with Gasteiger partial charge in [0.15, 0.2) is 17.5 Å². The second kappa shape index (κ2) is 14.0. The predicted molar refractivity (Wildman–Crippen MR) is 144 cm³/mol. The Morgan fingerprint density at radius 1 is 1.10 bits per heavy atom. The molecular weight excluding hydrogens is 587 g/mol. The van der Waals surface area contributed by atoms with E-state index in [-0.39, 0.29) is 23.2 Å². The number of aliphatic carboxylic acids is 1. The first kappa shape index (κ1) is 33.8. The zero-order valence-corrected chi connectivity index (χ0v) is 23.5. The summed E-state index contributed by atoms with van der Waals surface area (Å²) in [7, 11) is -0.908. The third-order valence-electron chi connectivity index (χ3n) is 5.73. The number of amides is 2. The largest absolute Gasteiger partial charge is 0.493 e. The SMILES string of the molecule is COc1ccc(CC(=O)NC(N)=N[C@@H](C(=O)Nc2cc(S(N)(=O)=O)ccc2C)C2CC2)cc1OC.O=C(O)C(F)(F)F. The second-order valence-electron chi connectivity index (χ2n) is 9.02. The first-order chi connectivity index (χ1) is 19.5. The fourth-order valence-corrected chi connectivity index (χ4v) is 3.99. The van der Waals surface area contributed by atoms with Crippen LogP contribution in [0.5, 0.6) is 11.5 Å². The van der Waals surface area contributed by atoms with Gasteiger partial charge in [-0.05, 0) is 61.1 Å². The second-order valence-corrected chi connectivity index (χ2v) is 10.6. The molecule has 0 heterocycles. The molecule has 13 nitrogen and oxygen atoms in total. The molecule has 1 fully saturated rings. The monoisotopic (exact) mass is 617 g/mol. The van der Waals surface area contributed by atoms with E-state index in [4.69, 9.17) is 30.2 Å². The standard InChI is InChI=1S/C23H29N5O6S.C2HF3O2/c1-13-4-8-16(35(25,31)32)12-17(13)26-22(30)21(15-6-7-15)28-23(24)27-20(29)11-14-5-9-18(33-2)19(10-14)34-3;3-2(4,5)1(6)7/h4-5,8-10,12,15,21H,6-7,11H2,1-3H3,(H,26,30)(H2,25,31,32)(H3,24,27,28,29);(H,6,7)/t21-;/m1./s1. The molecule has 0 bridgehead atoms. The third kappa shape index (κ3) is 10.2. The Labute approximate surface area is 239 Å². The van der Waals surface area contributed by atoms with E-state index in [1.54, 1.807) is 31.2 Å². The van der Waals surface area contributed by atoms with Crippen LogP contribution >= 0.6 is 0 Å². The first-order valence-electron chi connectivity index (χ1n) is 12.0. The molecule has 2 amide bonds. The van der Waals surface area contributed by atoms with Gasteiger partial charge in [-0.15, -0.1) is 0 Å². The zero-order chi connectivity index (χ0) is 31.8. The summed E-state index contributed by atoms with van der Waals surface area (Å²) in [5.41, 5.74) is 7.57. The fourth-order valence-electron chi connectivity index (χ4n) is 3.45. The Morgan fingerprint density at radius 2 is 1.69 bits per heavy atom. The number of alkyl halides is 3. The molecule has 0 unspecified atom stereocenters. The van der Waals surface area contributed by atoms with E-state index in [9.17, 15) is 31.2 Å². The van der Waals surface area contributed by atoms with Crippen LogP contribution in [0.3, 0.4) is 0 Å². The van der Waals surface area contributed by atoms with Gasteiger partial charge in [-0.1, -0.05) is 12.1 Å². The summed E-state index contributed by atoms with van der Waals surface area (Å²) in [6, 6.07) is 8.48. The number of nitrogens with two attached hydrogens (primary N) is 2. The van der Waals surface area contributed by atoms with Crippen molar-refractivity contribution in [3.05, 3.63) is 47.5 Å². The summed E-state index contributed by atoms with van der Waals surface area (Å²) in [5, 5.41) is 17.5. The van der Waals surface area contributed by atoms with Gasteiger partial charge >= 0.3 is 12.1 Å². The molecule has 0 aromatic heterocycles. The van der Waals surface area contributed by atoms with Crippen LogP contribution < -0.4 is 31.0 Å². The van der Waals surface area contributed by atoms with Crippen molar-refractivity contribution in [2.24, 2.45) is 21.8 Å². The molecule has 1 saturated carbocycles. The number of aryl methyl sites for hydroxylation is 1. The summed E-state index contributed by atoms with van der Waals surface area (Å²) >= 11 is 0. The van der Waals surface area contributed by atoms with Crippen molar-refractivity contribution in [2.45, 2.75) is 43.3 Å². The van der Waals surface area contributed by atoms with Crippen molar-refractivity contribution >= 4 is 39.5 Å². The summed E-state index contributed by atoms with van der Waals surface area (Å²) in [5.74, 6) is -2.81. The maximum Gasteiger partial charge on any atom is 0.490 e. The highest BCUT2D eigenvalue weighted by Gasteiger charge is 2.38. The molecule has 17 heteroatoms. The van der Waals surface area contributed by atoms with Crippen molar-refractivity contribution in [3.8, 4) is 11.5 Å². The normalized spacial score (nSPS) is 14.1. The number of aliphatic imine (C=N–C) groups is 1. The van der Waals surface area contributed by atoms with E-state index >= 15 is 0 Å². The van der Waals surface area contributed by atoms with Gasteiger partial charge in [0.2, 0.25) is 21.8 Å². The molecule has 1 aliphatic carbocycles. The molecule has 3 rings (SSSR count). The number of primary sulfonamides is 1. The number of nitrogens with one attached hydrogen (secondary N) is 2. The summed E-state index contributed by atoms with van der Waals surface area (Å²) in [6.45, 7) is 1.72. The third-order valence-corrected chi connectivity index (χ3v) is 6.64. The number of carbonyl (C=O) groups is 3. The number of ether oxygens (including phenoxy) is 2. The van der Waals surface area contributed by atoms with Crippen LogP contribution in [-0.4, -0.2) is 63.7 Å². The number of benzene rings is 2. The number of methoxy groups -OCH3 is 2. The summed E-state index contributed by atoms with van der Waals surface area (Å²) in [4.78, 5) is 38.4. The number of carboxylic acid groups (broad SMARTS) is 1. The predicted octanol–water partition coefficient (Wildman–Crippen LogP) is 1.68. The highest BCUT2D eigenvalue weighted by molar-refractivity contribution is 7.89. The van der Waals surface area contributed by atoms with E-state index < -0.39 is 40.0 Å². The van der Waals surface area contributed by atoms with Crippen molar-refractivity contribution in [1.29, 1.82) is 0 Å². The number of sulfonamides is 1. The first-order valence-corrected chi connectivity index (χ1v) is 13.6. The Bertz CT molecular complexity index is 1460. The van der Waals surface area contributed by atoms with E-state index in [1.807, 2.05) is 0 Å². The number of guanidine groups is 1. The lowest BCUT2D eigenvalue weighted by Crippen LogP contribution is -2.40. The van der Waals surface area contributed by atoms with Gasteiger partial charge in [0, 0.05) is 5.69 Å². The average Bonchev–Trinajstić information content (AvgIpc) is 3.72. The lowest BCUT2D eigenvalue weighted by atomic mass is 10.1. The minimum absolute atomic E-state index is 0.0103. The minimum Gasteiger partial charge on any atom is -0.493 e. The molecule has 0 radical (unpaired) electrons. The molecule has 0 aliphatic heterocycles. The lowest BCUT2D eigenvalue weighted by Gasteiger charge is -2.16. The number of anilines is 1. The zero-order valence-electron chi connectivity index (χ0n) is 22.7. The highest BCUT2D eigenvalue weighted by atomic mass is 32.2. The molecule has 2 aromatic carbocycles. The van der Waals surface area contributed by atoms with E-state index in [0.29, 0.717) is 28.3 Å². The van der Waals surface area contributed by atoms with Crippen LogP contribution in [0.15, 0.2) is 46.3 Å². The molecular formula is C25H30F3N5O8S. The van der Waals surface area contributed by atoms with Crippen LogP contribution in [0, 0.1) is 12.8 Å². The van der Waals surface area contributed by atoms with E-state index in [1.165, 1.54) is 26.4 Å². The van der Waals surface area contributed by atoms with E-state index in [2.05, 4.69) is 15.6 Å². The molecule has 2 aromatic rings. The van der Waals surface area contributed by atoms with Crippen molar-refractivity contribution < 1.29 is 50.6 Å². The van der Waals surface area contributed by atoms with Crippen molar-refractivity contribution in [2.75, 3.05) is 19.5 Å². The number of hydrogen-bond donors (Lipinski definition) is 5. The van der Waals surface area contributed by atoms with Crippen LogP contribution in [0.2, 0.25) is 0 Å². The smallest absolute Gasteiger partial charge is 0.490 e. The number of carbonyl (C=O) groups excluding carboxylic acids is 2. The Balaban J connectivity index is 0.000000782. The number of carboxylic acids is 1. The number of halogens is 3. The molecule has 0 saturated heterocycles. The molecule has 0 spiro atoms. The summed E-state index contributed by atoms with van der Waals surface area (Å²) < 4.78 is 65.5. The van der Waals surface area contributed by atoms with Gasteiger partial charge in [-0.25, -0.2) is 23.3 Å². The fraction of sp³-hybridized carbons (Fsp3) is 0.360. The van der Waals surface area contributed by atoms with Gasteiger partial charge in [-0.2, -0.15) is 13.2 Å². The quantitative estimate of drug-likeness (QED) is 0.204. The number of hydrogen-bond acceptors (Lipinski definition) is 8. The van der Waals surface area contributed by atoms with Gasteiger partial charge in [0.25, 0.3) is 0 Å². The van der Waals surface area contributed by atoms with Crippen LogP contribution in [0.4, 0.5) is 18.9 Å². The van der Waals surface area contributed by atoms with Gasteiger partial charge in [-0.3, -0.25) is 14.9 Å². The Morgan fingerprint density at radius 3 is 2.19 bits per heavy atom. The molecule has 1 atom stereocenters. The topological polar surface area (TPSA) is 212 Å². The average molecular weight is 618 g/mol. The maximum absolute atomic E-state index is 13.0. The number of nitrogens with zero attached hydrogens (tertiary/aromatic N) is 1. The van der Waals surface area contributed by atoms with Gasteiger partial charge < -0.3 is 25.6 Å². The Kier molecular flexibility index (Phi) is 11.3. The maximum atomic E-state index is 13.0. The van der Waals surface area contributed by atoms with Crippen LogP contribution in [-0.2, 0) is 30.8 Å². The van der Waals surface area contributed by atoms with Gasteiger partial charge in [0.1, 0.15) is 6.04 Å².